The average molecular weight is 315 g/mol. The molecule has 0 fully saturated rings. The predicted molar refractivity (Wildman–Crippen MR) is 82.5 cm³/mol. The Kier molecular flexibility index (Phi) is 8.34. The van der Waals surface area contributed by atoms with Crippen molar-refractivity contribution in [3.05, 3.63) is 29.6 Å². The number of benzene rings is 1. The number of rotatable bonds is 9. The number of hydrogen-bond donors (Lipinski definition) is 1. The number of thiol groups is 1. The molecule has 0 saturated heterocycles. The number of ether oxygens (including phenoxy) is 2. The molecule has 6 heteroatoms. The van der Waals surface area contributed by atoms with Crippen LogP contribution in [0.2, 0.25) is 0 Å². The molecule has 0 saturated carbocycles. The van der Waals surface area contributed by atoms with Crippen molar-refractivity contribution in [2.45, 2.75) is 18.7 Å². The SMILES string of the molecule is CCOCCN(CCOCC)C(=O)c1ccc(F)c(S)c1. The summed E-state index contributed by atoms with van der Waals surface area (Å²) < 4.78 is 23.8. The van der Waals surface area contributed by atoms with Gasteiger partial charge in [-0.15, -0.1) is 12.6 Å². The van der Waals surface area contributed by atoms with E-state index in [4.69, 9.17) is 9.47 Å². The molecular weight excluding hydrogens is 293 g/mol. The topological polar surface area (TPSA) is 38.8 Å². The highest BCUT2D eigenvalue weighted by molar-refractivity contribution is 7.80. The molecule has 0 aliphatic heterocycles. The van der Waals surface area contributed by atoms with E-state index >= 15 is 0 Å². The third kappa shape index (κ3) is 6.03. The summed E-state index contributed by atoms with van der Waals surface area (Å²) >= 11 is 4.01. The molecule has 1 rings (SSSR count). The summed E-state index contributed by atoms with van der Waals surface area (Å²) in [4.78, 5) is 14.3. The van der Waals surface area contributed by atoms with Crippen LogP contribution in [-0.4, -0.2) is 50.3 Å². The van der Waals surface area contributed by atoms with Crippen LogP contribution in [0, 0.1) is 5.82 Å². The van der Waals surface area contributed by atoms with E-state index in [9.17, 15) is 9.18 Å². The van der Waals surface area contributed by atoms with Gasteiger partial charge in [0.15, 0.2) is 0 Å². The smallest absolute Gasteiger partial charge is 0.254 e. The predicted octanol–water partition coefficient (Wildman–Crippen LogP) is 2.63. The Morgan fingerprint density at radius 2 is 1.76 bits per heavy atom. The Bertz CT molecular complexity index is 447. The Labute approximate surface area is 130 Å². The van der Waals surface area contributed by atoms with Gasteiger partial charge in [0.1, 0.15) is 5.82 Å². The summed E-state index contributed by atoms with van der Waals surface area (Å²) in [6, 6.07) is 4.15. The molecule has 1 aromatic rings. The van der Waals surface area contributed by atoms with E-state index in [0.717, 1.165) is 0 Å². The highest BCUT2D eigenvalue weighted by atomic mass is 32.1. The van der Waals surface area contributed by atoms with Crippen molar-refractivity contribution >= 4 is 18.5 Å². The van der Waals surface area contributed by atoms with Crippen LogP contribution in [0.1, 0.15) is 24.2 Å². The lowest BCUT2D eigenvalue weighted by Gasteiger charge is -2.22. The van der Waals surface area contributed by atoms with Crippen molar-refractivity contribution in [1.82, 2.24) is 4.90 Å². The van der Waals surface area contributed by atoms with E-state index in [1.54, 1.807) is 4.90 Å². The minimum Gasteiger partial charge on any atom is -0.380 e. The van der Waals surface area contributed by atoms with E-state index < -0.39 is 5.82 Å². The number of carbonyl (C=O) groups is 1. The number of nitrogens with zero attached hydrogens (tertiary/aromatic N) is 1. The van der Waals surface area contributed by atoms with E-state index in [1.165, 1.54) is 18.2 Å². The van der Waals surface area contributed by atoms with E-state index in [-0.39, 0.29) is 10.8 Å². The van der Waals surface area contributed by atoms with Crippen LogP contribution >= 0.6 is 12.6 Å². The minimum atomic E-state index is -0.440. The zero-order valence-corrected chi connectivity index (χ0v) is 13.4. The number of amides is 1. The molecule has 0 radical (unpaired) electrons. The maximum atomic E-state index is 13.2. The molecule has 0 atom stereocenters. The lowest BCUT2D eigenvalue weighted by atomic mass is 10.2. The maximum Gasteiger partial charge on any atom is 0.254 e. The lowest BCUT2D eigenvalue weighted by Crippen LogP contribution is -2.36. The fourth-order valence-corrected chi connectivity index (χ4v) is 1.99. The summed E-state index contributed by atoms with van der Waals surface area (Å²) in [5.74, 6) is -0.616. The molecule has 1 amide bonds. The molecule has 1 aromatic carbocycles. The van der Waals surface area contributed by atoms with Gasteiger partial charge in [-0.05, 0) is 32.0 Å². The highest BCUT2D eigenvalue weighted by Crippen LogP contribution is 2.15. The summed E-state index contributed by atoms with van der Waals surface area (Å²) in [7, 11) is 0. The van der Waals surface area contributed by atoms with Crippen molar-refractivity contribution in [2.24, 2.45) is 0 Å². The lowest BCUT2D eigenvalue weighted by molar-refractivity contribution is 0.0550. The van der Waals surface area contributed by atoms with Gasteiger partial charge in [-0.2, -0.15) is 0 Å². The second-order valence-corrected chi connectivity index (χ2v) is 4.83. The van der Waals surface area contributed by atoms with Gasteiger partial charge in [0, 0.05) is 36.8 Å². The van der Waals surface area contributed by atoms with Crippen molar-refractivity contribution in [1.29, 1.82) is 0 Å². The molecule has 0 N–H and O–H groups in total. The fraction of sp³-hybridized carbons (Fsp3) is 0.533. The zero-order chi connectivity index (χ0) is 15.7. The van der Waals surface area contributed by atoms with E-state index in [0.29, 0.717) is 45.1 Å². The Morgan fingerprint density at radius 3 is 2.24 bits per heavy atom. The Balaban J connectivity index is 2.73. The van der Waals surface area contributed by atoms with Gasteiger partial charge in [0.05, 0.1) is 13.2 Å². The molecule has 0 bridgehead atoms. The fourth-order valence-electron chi connectivity index (χ4n) is 1.78. The van der Waals surface area contributed by atoms with Gasteiger partial charge in [-0.25, -0.2) is 4.39 Å². The molecule has 0 heterocycles. The third-order valence-electron chi connectivity index (χ3n) is 2.90. The largest absolute Gasteiger partial charge is 0.380 e. The van der Waals surface area contributed by atoms with E-state index in [1.807, 2.05) is 13.8 Å². The number of hydrogen-bond acceptors (Lipinski definition) is 4. The molecular formula is C15H22FNO3S. The van der Waals surface area contributed by atoms with Crippen LogP contribution in [0.4, 0.5) is 4.39 Å². The van der Waals surface area contributed by atoms with Crippen molar-refractivity contribution < 1.29 is 18.7 Å². The van der Waals surface area contributed by atoms with Gasteiger partial charge < -0.3 is 14.4 Å². The van der Waals surface area contributed by atoms with Crippen molar-refractivity contribution in [3.8, 4) is 0 Å². The van der Waals surface area contributed by atoms with Crippen molar-refractivity contribution in [3.63, 3.8) is 0 Å². The standard InChI is InChI=1S/C15H22FNO3S/c1-3-19-9-7-17(8-10-20-4-2)15(18)12-5-6-13(16)14(21)11-12/h5-6,11,21H,3-4,7-10H2,1-2H3. The summed E-state index contributed by atoms with van der Waals surface area (Å²) in [6.07, 6.45) is 0. The Hall–Kier alpha value is -1.11. The van der Waals surface area contributed by atoms with Crippen LogP contribution in [0.5, 0.6) is 0 Å². The second kappa shape index (κ2) is 9.76. The van der Waals surface area contributed by atoms with Crippen LogP contribution in [0.15, 0.2) is 23.1 Å². The van der Waals surface area contributed by atoms with Gasteiger partial charge in [0.25, 0.3) is 5.91 Å². The molecule has 0 aliphatic carbocycles. The molecule has 0 unspecified atom stereocenters. The molecule has 118 valence electrons. The first-order valence-corrected chi connectivity index (χ1v) is 7.48. The van der Waals surface area contributed by atoms with Crippen LogP contribution in [0.25, 0.3) is 0 Å². The molecule has 0 aromatic heterocycles. The normalized spacial score (nSPS) is 10.7. The summed E-state index contributed by atoms with van der Waals surface area (Å²) in [6.45, 7) is 6.87. The maximum absolute atomic E-state index is 13.2. The average Bonchev–Trinajstić information content (AvgIpc) is 2.48. The zero-order valence-electron chi connectivity index (χ0n) is 12.5. The van der Waals surface area contributed by atoms with E-state index in [2.05, 4.69) is 12.6 Å². The first-order chi connectivity index (χ1) is 10.1. The highest BCUT2D eigenvalue weighted by Gasteiger charge is 2.16. The van der Waals surface area contributed by atoms with Gasteiger partial charge in [0.2, 0.25) is 0 Å². The Morgan fingerprint density at radius 1 is 1.19 bits per heavy atom. The first kappa shape index (κ1) is 17.9. The van der Waals surface area contributed by atoms with Gasteiger partial charge in [-0.1, -0.05) is 0 Å². The van der Waals surface area contributed by atoms with Crippen molar-refractivity contribution in [2.75, 3.05) is 39.5 Å². The molecule has 0 spiro atoms. The van der Waals surface area contributed by atoms with Crippen LogP contribution < -0.4 is 0 Å². The summed E-state index contributed by atoms with van der Waals surface area (Å²) in [5, 5.41) is 0. The number of halogens is 1. The van der Waals surface area contributed by atoms with Gasteiger partial charge >= 0.3 is 0 Å². The van der Waals surface area contributed by atoms with Crippen LogP contribution in [-0.2, 0) is 9.47 Å². The quantitative estimate of drug-likeness (QED) is 0.562. The number of carbonyl (C=O) groups excluding carboxylic acids is 1. The second-order valence-electron chi connectivity index (χ2n) is 4.35. The van der Waals surface area contributed by atoms with Gasteiger partial charge in [-0.3, -0.25) is 4.79 Å². The minimum absolute atomic E-state index is 0.162. The first-order valence-electron chi connectivity index (χ1n) is 7.03. The summed E-state index contributed by atoms with van der Waals surface area (Å²) in [5.41, 5.74) is 0.411. The molecule has 4 nitrogen and oxygen atoms in total. The monoisotopic (exact) mass is 315 g/mol. The van der Waals surface area contributed by atoms with Crippen LogP contribution in [0.3, 0.4) is 0 Å². The molecule has 21 heavy (non-hydrogen) atoms. The molecule has 0 aliphatic rings. The third-order valence-corrected chi connectivity index (χ3v) is 3.24.